The number of aromatic nitrogens is 4. The molecule has 0 radical (unpaired) electrons. The molecule has 114 valence electrons. The molecule has 1 aromatic heterocycles. The molecule has 0 saturated carbocycles. The minimum absolute atomic E-state index is 0.219. The van der Waals surface area contributed by atoms with Gasteiger partial charge in [0.25, 0.3) is 0 Å². The van der Waals surface area contributed by atoms with Crippen molar-refractivity contribution in [2.75, 3.05) is 12.8 Å². The van der Waals surface area contributed by atoms with E-state index in [0.29, 0.717) is 17.4 Å². The third kappa shape index (κ3) is 2.99. The van der Waals surface area contributed by atoms with Crippen LogP contribution in [0.25, 0.3) is 11.4 Å². The zero-order chi connectivity index (χ0) is 15.4. The molecule has 1 heterocycles. The normalized spacial score (nSPS) is 12.6. The number of nitrogen functional groups attached to an aromatic ring is 1. The van der Waals surface area contributed by atoms with Gasteiger partial charge in [-0.15, -0.1) is 5.10 Å². The van der Waals surface area contributed by atoms with Gasteiger partial charge in [-0.3, -0.25) is 0 Å². The molecule has 1 atom stereocenters. The van der Waals surface area contributed by atoms with Crippen LogP contribution in [-0.4, -0.2) is 27.3 Å². The molecule has 1 aromatic carbocycles. The van der Waals surface area contributed by atoms with Crippen molar-refractivity contribution in [1.29, 1.82) is 0 Å². The van der Waals surface area contributed by atoms with Crippen LogP contribution in [-0.2, 0) is 0 Å². The van der Waals surface area contributed by atoms with E-state index >= 15 is 0 Å². The average molecular weight is 289 g/mol. The van der Waals surface area contributed by atoms with Crippen LogP contribution >= 0.6 is 0 Å². The molecule has 0 fully saturated rings. The highest BCUT2D eigenvalue weighted by atomic mass is 16.5. The van der Waals surface area contributed by atoms with Crippen molar-refractivity contribution >= 4 is 5.69 Å². The first kappa shape index (κ1) is 15.3. The first-order chi connectivity index (χ1) is 10.1. The standard InChI is InChI=1S/C15H23N5O/c1-5-11(6-2)10(3)20-15(17-18-19-20)13-9-12(16)7-8-14(13)21-4/h7-11H,5-6,16H2,1-4H3. The number of rotatable bonds is 6. The van der Waals surface area contributed by atoms with E-state index in [1.807, 2.05) is 16.8 Å². The van der Waals surface area contributed by atoms with Crippen molar-refractivity contribution in [3.8, 4) is 17.1 Å². The lowest BCUT2D eigenvalue weighted by molar-refractivity contribution is 0.308. The van der Waals surface area contributed by atoms with Gasteiger partial charge in [-0.1, -0.05) is 26.7 Å². The lowest BCUT2D eigenvalue weighted by Crippen LogP contribution is -2.18. The maximum Gasteiger partial charge on any atom is 0.186 e. The number of nitrogens with zero attached hydrogens (tertiary/aromatic N) is 4. The monoisotopic (exact) mass is 289 g/mol. The van der Waals surface area contributed by atoms with Gasteiger partial charge in [0.1, 0.15) is 5.75 Å². The summed E-state index contributed by atoms with van der Waals surface area (Å²) in [6, 6.07) is 5.71. The van der Waals surface area contributed by atoms with Crippen LogP contribution < -0.4 is 10.5 Å². The quantitative estimate of drug-likeness (QED) is 0.827. The van der Waals surface area contributed by atoms with Crippen molar-refractivity contribution in [2.24, 2.45) is 5.92 Å². The van der Waals surface area contributed by atoms with Gasteiger partial charge in [0.2, 0.25) is 0 Å². The Kier molecular flexibility index (Phi) is 4.77. The van der Waals surface area contributed by atoms with Gasteiger partial charge >= 0.3 is 0 Å². The van der Waals surface area contributed by atoms with Crippen LogP contribution in [0.4, 0.5) is 5.69 Å². The second-order valence-corrected chi connectivity index (χ2v) is 5.22. The van der Waals surface area contributed by atoms with Gasteiger partial charge in [-0.05, 0) is 41.5 Å². The smallest absolute Gasteiger partial charge is 0.186 e. The van der Waals surface area contributed by atoms with Crippen LogP contribution in [0.15, 0.2) is 18.2 Å². The molecule has 6 nitrogen and oxygen atoms in total. The second-order valence-electron chi connectivity index (χ2n) is 5.22. The summed E-state index contributed by atoms with van der Waals surface area (Å²) < 4.78 is 7.28. The molecule has 0 amide bonds. The third-order valence-corrected chi connectivity index (χ3v) is 4.07. The molecule has 0 saturated heterocycles. The van der Waals surface area contributed by atoms with Gasteiger partial charge in [0, 0.05) is 5.69 Å². The molecule has 1 unspecified atom stereocenters. The number of hydrogen-bond donors (Lipinski definition) is 1. The molecule has 0 spiro atoms. The number of methoxy groups -OCH3 is 1. The zero-order valence-corrected chi connectivity index (χ0v) is 13.1. The highest BCUT2D eigenvalue weighted by molar-refractivity contribution is 5.68. The average Bonchev–Trinajstić information content (AvgIpc) is 2.97. The summed E-state index contributed by atoms with van der Waals surface area (Å²) in [5.74, 6) is 1.94. The molecular weight excluding hydrogens is 266 g/mol. The summed E-state index contributed by atoms with van der Waals surface area (Å²) in [5, 5.41) is 12.2. The minimum Gasteiger partial charge on any atom is -0.496 e. The van der Waals surface area contributed by atoms with Gasteiger partial charge in [-0.25, -0.2) is 4.68 Å². The third-order valence-electron chi connectivity index (χ3n) is 4.07. The summed E-state index contributed by atoms with van der Waals surface area (Å²) in [7, 11) is 1.63. The van der Waals surface area contributed by atoms with E-state index in [2.05, 4.69) is 36.3 Å². The van der Waals surface area contributed by atoms with Crippen LogP contribution in [0.1, 0.15) is 39.7 Å². The number of anilines is 1. The highest BCUT2D eigenvalue weighted by Gasteiger charge is 2.22. The topological polar surface area (TPSA) is 78.9 Å². The summed E-state index contributed by atoms with van der Waals surface area (Å²) >= 11 is 0. The van der Waals surface area contributed by atoms with E-state index in [-0.39, 0.29) is 6.04 Å². The number of nitrogens with two attached hydrogens (primary N) is 1. The van der Waals surface area contributed by atoms with E-state index in [9.17, 15) is 0 Å². The fourth-order valence-electron chi connectivity index (χ4n) is 2.72. The van der Waals surface area contributed by atoms with Crippen molar-refractivity contribution in [2.45, 2.75) is 39.7 Å². The zero-order valence-electron chi connectivity index (χ0n) is 13.1. The summed E-state index contributed by atoms with van der Waals surface area (Å²) in [4.78, 5) is 0. The molecule has 2 rings (SSSR count). The number of hydrogen-bond acceptors (Lipinski definition) is 5. The fraction of sp³-hybridized carbons (Fsp3) is 0.533. The highest BCUT2D eigenvalue weighted by Crippen LogP contribution is 2.33. The van der Waals surface area contributed by atoms with Gasteiger partial charge < -0.3 is 10.5 Å². The molecule has 2 aromatic rings. The van der Waals surface area contributed by atoms with E-state index in [1.165, 1.54) is 0 Å². The van der Waals surface area contributed by atoms with Crippen LogP contribution in [0, 0.1) is 5.92 Å². The molecule has 0 aliphatic rings. The number of tetrazole rings is 1. The Labute approximate surface area is 125 Å². The Morgan fingerprint density at radius 3 is 2.62 bits per heavy atom. The molecule has 21 heavy (non-hydrogen) atoms. The molecule has 6 heteroatoms. The number of benzene rings is 1. The van der Waals surface area contributed by atoms with E-state index in [1.54, 1.807) is 13.2 Å². The van der Waals surface area contributed by atoms with Crippen LogP contribution in [0.3, 0.4) is 0 Å². The van der Waals surface area contributed by atoms with E-state index in [0.717, 1.165) is 24.2 Å². The van der Waals surface area contributed by atoms with Crippen molar-refractivity contribution in [3.05, 3.63) is 18.2 Å². The predicted octanol–water partition coefficient (Wildman–Crippen LogP) is 2.93. The lowest BCUT2D eigenvalue weighted by atomic mass is 9.95. The Bertz CT molecular complexity index is 591. The maximum atomic E-state index is 5.89. The van der Waals surface area contributed by atoms with Crippen molar-refractivity contribution < 1.29 is 4.74 Å². The first-order valence-electron chi connectivity index (χ1n) is 7.34. The summed E-state index contributed by atoms with van der Waals surface area (Å²) in [6.07, 6.45) is 2.18. The van der Waals surface area contributed by atoms with Gasteiger partial charge in [0.15, 0.2) is 5.82 Å². The molecular formula is C15H23N5O. The Balaban J connectivity index is 2.47. The van der Waals surface area contributed by atoms with E-state index in [4.69, 9.17) is 10.5 Å². The van der Waals surface area contributed by atoms with Crippen molar-refractivity contribution in [1.82, 2.24) is 20.2 Å². The summed E-state index contributed by atoms with van der Waals surface area (Å²) in [5.41, 5.74) is 7.38. The Morgan fingerprint density at radius 2 is 2.00 bits per heavy atom. The fourth-order valence-corrected chi connectivity index (χ4v) is 2.72. The largest absolute Gasteiger partial charge is 0.496 e. The van der Waals surface area contributed by atoms with Gasteiger partial charge in [0.05, 0.1) is 18.7 Å². The SMILES string of the molecule is CCC(CC)C(C)n1nnnc1-c1cc(N)ccc1OC. The van der Waals surface area contributed by atoms with Crippen LogP contribution in [0.5, 0.6) is 5.75 Å². The lowest BCUT2D eigenvalue weighted by Gasteiger charge is -2.22. The van der Waals surface area contributed by atoms with Crippen LogP contribution in [0.2, 0.25) is 0 Å². The minimum atomic E-state index is 0.219. The molecule has 2 N–H and O–H groups in total. The molecule has 0 aliphatic carbocycles. The molecule has 0 aliphatic heterocycles. The molecule has 0 bridgehead atoms. The van der Waals surface area contributed by atoms with Gasteiger partial charge in [-0.2, -0.15) is 0 Å². The Hall–Kier alpha value is -2.11. The second kappa shape index (κ2) is 6.56. The Morgan fingerprint density at radius 1 is 1.29 bits per heavy atom. The first-order valence-corrected chi connectivity index (χ1v) is 7.34. The van der Waals surface area contributed by atoms with E-state index < -0.39 is 0 Å². The maximum absolute atomic E-state index is 5.89. The number of ether oxygens (including phenoxy) is 1. The van der Waals surface area contributed by atoms with Crippen molar-refractivity contribution in [3.63, 3.8) is 0 Å². The summed E-state index contributed by atoms with van der Waals surface area (Å²) in [6.45, 7) is 6.53. The predicted molar refractivity (Wildman–Crippen MR) is 83.0 cm³/mol.